The summed E-state index contributed by atoms with van der Waals surface area (Å²) in [5.74, 6) is 0. The molecule has 0 unspecified atom stereocenters. The van der Waals surface area contributed by atoms with E-state index in [-0.39, 0.29) is 5.41 Å². The quantitative estimate of drug-likeness (QED) is 0.645. The minimum absolute atomic E-state index is 0.216. The summed E-state index contributed by atoms with van der Waals surface area (Å²) < 4.78 is 2.29. The Morgan fingerprint density at radius 1 is 1.08 bits per heavy atom. The first-order valence-corrected chi connectivity index (χ1v) is 5.87. The summed E-state index contributed by atoms with van der Waals surface area (Å²) in [6, 6.07) is 4.28. The van der Waals surface area contributed by atoms with Crippen LogP contribution in [0.4, 0.5) is 0 Å². The largest absolute Gasteiger partial charge is 0.0570 e. The molecule has 0 fully saturated rings. The van der Waals surface area contributed by atoms with Crippen molar-refractivity contribution in [1.29, 1.82) is 0 Å². The van der Waals surface area contributed by atoms with Crippen molar-refractivity contribution in [3.8, 4) is 0 Å². The molecule has 1 aromatic rings. The number of halogens is 2. The van der Waals surface area contributed by atoms with Gasteiger partial charge in [-0.2, -0.15) is 0 Å². The van der Waals surface area contributed by atoms with Crippen LogP contribution >= 0.6 is 31.9 Å². The highest BCUT2D eigenvalue weighted by Gasteiger charge is 2.17. The fraction of sp³-hybridized carbons (Fsp3) is 0.455. The highest BCUT2D eigenvalue weighted by Crippen LogP contribution is 2.34. The molecule has 0 aromatic heterocycles. The molecular weight excluding hydrogens is 292 g/mol. The molecule has 0 aliphatic rings. The van der Waals surface area contributed by atoms with Crippen molar-refractivity contribution in [3.05, 3.63) is 32.2 Å². The highest BCUT2D eigenvalue weighted by molar-refractivity contribution is 9.13. The van der Waals surface area contributed by atoms with Crippen LogP contribution in [0.15, 0.2) is 21.1 Å². The lowest BCUT2D eigenvalue weighted by atomic mass is 9.84. The van der Waals surface area contributed by atoms with Crippen LogP contribution < -0.4 is 0 Å². The molecule has 0 heterocycles. The molecule has 0 aliphatic heterocycles. The van der Waals surface area contributed by atoms with Crippen LogP contribution in [-0.4, -0.2) is 0 Å². The van der Waals surface area contributed by atoms with Gasteiger partial charge in [0.25, 0.3) is 0 Å². The van der Waals surface area contributed by atoms with Gasteiger partial charge in [0.2, 0.25) is 0 Å². The summed E-state index contributed by atoms with van der Waals surface area (Å²) >= 11 is 7.08. The Bertz CT molecular complexity index is 322. The normalized spacial score (nSPS) is 11.8. The van der Waals surface area contributed by atoms with Gasteiger partial charge in [-0.1, -0.05) is 26.8 Å². The predicted octanol–water partition coefficient (Wildman–Crippen LogP) is 4.82. The van der Waals surface area contributed by atoms with E-state index >= 15 is 0 Å². The molecule has 0 atom stereocenters. The third kappa shape index (κ3) is 2.35. The lowest BCUT2D eigenvalue weighted by Gasteiger charge is -2.22. The van der Waals surface area contributed by atoms with Gasteiger partial charge < -0.3 is 0 Å². The van der Waals surface area contributed by atoms with Gasteiger partial charge in [-0.05, 0) is 61.4 Å². The fourth-order valence-electron chi connectivity index (χ4n) is 1.46. The van der Waals surface area contributed by atoms with E-state index in [1.54, 1.807) is 0 Å². The van der Waals surface area contributed by atoms with Crippen LogP contribution in [0.5, 0.6) is 0 Å². The third-order valence-corrected chi connectivity index (χ3v) is 4.36. The number of hydrogen-bond acceptors (Lipinski definition) is 0. The molecule has 0 amide bonds. The zero-order chi connectivity index (χ0) is 10.2. The number of benzene rings is 1. The monoisotopic (exact) mass is 304 g/mol. The fourth-order valence-corrected chi connectivity index (χ4v) is 2.24. The zero-order valence-corrected chi connectivity index (χ0v) is 11.6. The van der Waals surface area contributed by atoms with Gasteiger partial charge >= 0.3 is 0 Å². The van der Waals surface area contributed by atoms with Crippen LogP contribution in [-0.2, 0) is 5.41 Å². The summed E-state index contributed by atoms with van der Waals surface area (Å²) in [7, 11) is 0. The SMILES string of the molecule is Cc1c(C(C)(C)C)ccc(Br)c1Br. The molecule has 13 heavy (non-hydrogen) atoms. The topological polar surface area (TPSA) is 0 Å². The van der Waals surface area contributed by atoms with Crippen molar-refractivity contribution in [2.45, 2.75) is 33.1 Å². The first-order chi connectivity index (χ1) is 5.84. The molecule has 0 spiro atoms. The Balaban J connectivity index is 3.35. The lowest BCUT2D eigenvalue weighted by molar-refractivity contribution is 0.585. The van der Waals surface area contributed by atoms with E-state index < -0.39 is 0 Å². The second-order valence-corrected chi connectivity index (χ2v) is 5.93. The van der Waals surface area contributed by atoms with Gasteiger partial charge in [-0.15, -0.1) is 0 Å². The van der Waals surface area contributed by atoms with Gasteiger partial charge in [-0.25, -0.2) is 0 Å². The van der Waals surface area contributed by atoms with E-state index in [0.717, 1.165) is 4.47 Å². The predicted molar refractivity (Wildman–Crippen MR) is 65.3 cm³/mol. The van der Waals surface area contributed by atoms with Crippen molar-refractivity contribution < 1.29 is 0 Å². The van der Waals surface area contributed by atoms with E-state index in [2.05, 4.69) is 71.7 Å². The highest BCUT2D eigenvalue weighted by atomic mass is 79.9. The van der Waals surface area contributed by atoms with Crippen molar-refractivity contribution >= 4 is 31.9 Å². The van der Waals surface area contributed by atoms with Crippen LogP contribution in [0.25, 0.3) is 0 Å². The molecule has 0 nitrogen and oxygen atoms in total. The number of rotatable bonds is 0. The molecule has 0 N–H and O–H groups in total. The summed E-state index contributed by atoms with van der Waals surface area (Å²) in [6.07, 6.45) is 0. The Morgan fingerprint density at radius 2 is 1.62 bits per heavy atom. The molecular formula is C11H14Br2. The second-order valence-electron chi connectivity index (χ2n) is 4.28. The second kappa shape index (κ2) is 3.74. The maximum atomic E-state index is 3.58. The van der Waals surface area contributed by atoms with Gasteiger partial charge in [-0.3, -0.25) is 0 Å². The summed E-state index contributed by atoms with van der Waals surface area (Å²) in [6.45, 7) is 8.84. The smallest absolute Gasteiger partial charge is 0.0349 e. The van der Waals surface area contributed by atoms with Gasteiger partial charge in [0.05, 0.1) is 0 Å². The Morgan fingerprint density at radius 3 is 2.08 bits per heavy atom. The molecule has 72 valence electrons. The number of hydrogen-bond donors (Lipinski definition) is 0. The lowest BCUT2D eigenvalue weighted by Crippen LogP contribution is -2.13. The van der Waals surface area contributed by atoms with E-state index in [9.17, 15) is 0 Å². The molecule has 0 saturated carbocycles. The molecule has 2 heteroatoms. The molecule has 1 aromatic carbocycles. The van der Waals surface area contributed by atoms with Crippen molar-refractivity contribution in [2.24, 2.45) is 0 Å². The summed E-state index contributed by atoms with van der Waals surface area (Å²) in [4.78, 5) is 0. The maximum absolute atomic E-state index is 3.58. The average Bonchev–Trinajstić information content (AvgIpc) is 1.98. The Kier molecular flexibility index (Phi) is 3.24. The van der Waals surface area contributed by atoms with Gasteiger partial charge in [0, 0.05) is 8.95 Å². The minimum atomic E-state index is 0.216. The first-order valence-electron chi connectivity index (χ1n) is 4.29. The molecule has 0 radical (unpaired) electrons. The molecule has 0 aliphatic carbocycles. The average molecular weight is 306 g/mol. The summed E-state index contributed by atoms with van der Waals surface area (Å²) in [5.41, 5.74) is 2.93. The Hall–Kier alpha value is 0.180. The van der Waals surface area contributed by atoms with Crippen LogP contribution in [0.3, 0.4) is 0 Å². The van der Waals surface area contributed by atoms with E-state index in [4.69, 9.17) is 0 Å². The van der Waals surface area contributed by atoms with Crippen molar-refractivity contribution in [1.82, 2.24) is 0 Å². The van der Waals surface area contributed by atoms with Crippen LogP contribution in [0.2, 0.25) is 0 Å². The zero-order valence-electron chi connectivity index (χ0n) is 8.41. The van der Waals surface area contributed by atoms with E-state index in [1.165, 1.54) is 15.6 Å². The van der Waals surface area contributed by atoms with Crippen LogP contribution in [0.1, 0.15) is 31.9 Å². The minimum Gasteiger partial charge on any atom is -0.0570 e. The van der Waals surface area contributed by atoms with Gasteiger partial charge in [0.1, 0.15) is 0 Å². The Labute approximate surface area is 97.0 Å². The van der Waals surface area contributed by atoms with Gasteiger partial charge in [0.15, 0.2) is 0 Å². The molecule has 0 saturated heterocycles. The maximum Gasteiger partial charge on any atom is 0.0349 e. The van der Waals surface area contributed by atoms with Crippen molar-refractivity contribution in [3.63, 3.8) is 0 Å². The standard InChI is InChI=1S/C11H14Br2/c1-7-8(11(2,3)4)5-6-9(12)10(7)13/h5-6H,1-4H3. The molecule has 0 bridgehead atoms. The van der Waals surface area contributed by atoms with Crippen LogP contribution in [0, 0.1) is 6.92 Å². The van der Waals surface area contributed by atoms with Crippen molar-refractivity contribution in [2.75, 3.05) is 0 Å². The summed E-state index contributed by atoms with van der Waals surface area (Å²) in [5, 5.41) is 0. The van der Waals surface area contributed by atoms with E-state index in [0.29, 0.717) is 0 Å². The molecule has 1 rings (SSSR count). The first kappa shape index (κ1) is 11.3. The van der Waals surface area contributed by atoms with E-state index in [1.807, 2.05) is 0 Å². The third-order valence-electron chi connectivity index (χ3n) is 2.15.